The molecule has 2 fully saturated rings. The number of aryl methyl sites for hydroxylation is 2. The van der Waals surface area contributed by atoms with Crippen LogP contribution in [0, 0.1) is 11.6 Å². The van der Waals surface area contributed by atoms with Gasteiger partial charge in [-0.3, -0.25) is 18.5 Å². The molecule has 0 N–H and O–H groups in total. The molecule has 8 heterocycles. The lowest BCUT2D eigenvalue weighted by Crippen LogP contribution is -2.43. The average Bonchev–Trinajstić information content (AvgIpc) is 4.27. The minimum atomic E-state index is -3.72. The van der Waals surface area contributed by atoms with Gasteiger partial charge in [-0.15, -0.1) is 20.4 Å². The summed E-state index contributed by atoms with van der Waals surface area (Å²) in [5, 5.41) is 24.7. The zero-order chi connectivity index (χ0) is 53.7. The fourth-order valence-corrected chi connectivity index (χ4v) is 12.6. The number of methoxy groups -OCH3 is 4. The molecule has 0 aliphatic carbocycles. The lowest BCUT2D eigenvalue weighted by atomic mass is 10.1. The van der Waals surface area contributed by atoms with Crippen molar-refractivity contribution in [3.8, 4) is 57.4 Å². The van der Waals surface area contributed by atoms with Crippen LogP contribution in [0.1, 0.15) is 37.3 Å². The van der Waals surface area contributed by atoms with Gasteiger partial charge in [-0.05, 0) is 62.1 Å². The molecule has 0 radical (unpaired) electrons. The van der Waals surface area contributed by atoms with Crippen molar-refractivity contribution in [3.63, 3.8) is 0 Å². The largest absolute Gasteiger partial charge is 0.494 e. The van der Waals surface area contributed by atoms with Crippen LogP contribution in [0.3, 0.4) is 0 Å². The molecule has 2 aromatic carbocycles. The summed E-state index contributed by atoms with van der Waals surface area (Å²) in [6.45, 7) is 1.53. The number of aromatic nitrogens is 14. The second-order valence-corrected chi connectivity index (χ2v) is 22.3. The van der Waals surface area contributed by atoms with Crippen molar-refractivity contribution in [1.82, 2.24) is 69.0 Å². The molecule has 6 aromatic heterocycles. The van der Waals surface area contributed by atoms with Crippen LogP contribution in [0.5, 0.6) is 23.0 Å². The van der Waals surface area contributed by atoms with Crippen molar-refractivity contribution in [2.45, 2.75) is 47.7 Å². The maximum atomic E-state index is 13.7. The molecule has 10 rings (SSSR count). The smallest absolute Gasteiger partial charge is 0.225 e. The second-order valence-electron chi connectivity index (χ2n) is 17.8. The number of benzene rings is 2. The molecule has 24 nitrogen and oxygen atoms in total. The third kappa shape index (κ3) is 11.1. The van der Waals surface area contributed by atoms with Gasteiger partial charge in [0.2, 0.25) is 11.9 Å². The van der Waals surface area contributed by atoms with Gasteiger partial charge in [-0.2, -0.15) is 10.2 Å². The quantitative estimate of drug-likeness (QED) is 0.130. The molecule has 28 heteroatoms. The van der Waals surface area contributed by atoms with E-state index in [-0.39, 0.29) is 36.2 Å². The van der Waals surface area contributed by atoms with E-state index in [1.165, 1.54) is 28.4 Å². The zero-order valence-electron chi connectivity index (χ0n) is 42.3. The minimum Gasteiger partial charge on any atom is -0.494 e. The summed E-state index contributed by atoms with van der Waals surface area (Å²) >= 11 is 0. The van der Waals surface area contributed by atoms with Crippen molar-refractivity contribution in [2.24, 2.45) is 14.1 Å². The van der Waals surface area contributed by atoms with E-state index >= 15 is 0 Å². The second kappa shape index (κ2) is 22.4. The highest BCUT2D eigenvalue weighted by molar-refractivity contribution is 7.91. The van der Waals surface area contributed by atoms with Gasteiger partial charge >= 0.3 is 0 Å². The summed E-state index contributed by atoms with van der Waals surface area (Å²) in [7, 11) is 2.20. The monoisotopic (exact) mass is 1080 g/mol. The molecule has 0 unspecified atom stereocenters. The molecule has 8 aromatic rings. The lowest BCUT2D eigenvalue weighted by Gasteiger charge is -2.32. The van der Waals surface area contributed by atoms with Crippen molar-refractivity contribution in [3.05, 3.63) is 109 Å². The summed E-state index contributed by atoms with van der Waals surface area (Å²) in [6, 6.07) is 14.1. The number of ether oxygens (including phenoxy) is 4. The van der Waals surface area contributed by atoms with Crippen molar-refractivity contribution in [1.29, 1.82) is 0 Å². The lowest BCUT2D eigenvalue weighted by molar-refractivity contribution is 0.390. The van der Waals surface area contributed by atoms with Crippen LogP contribution in [0.2, 0.25) is 0 Å². The first-order valence-corrected chi connectivity index (χ1v) is 27.2. The number of sulfone groups is 2. The van der Waals surface area contributed by atoms with Gasteiger partial charge < -0.3 is 28.7 Å². The van der Waals surface area contributed by atoms with Crippen LogP contribution in [-0.2, 0) is 45.3 Å². The predicted molar refractivity (Wildman–Crippen MR) is 273 cm³/mol. The van der Waals surface area contributed by atoms with Crippen LogP contribution < -0.4 is 28.7 Å². The van der Waals surface area contributed by atoms with E-state index in [4.69, 9.17) is 18.9 Å². The third-order valence-electron chi connectivity index (χ3n) is 12.8. The first-order chi connectivity index (χ1) is 36.6. The van der Waals surface area contributed by atoms with E-state index < -0.39 is 41.8 Å². The summed E-state index contributed by atoms with van der Waals surface area (Å²) in [5.41, 5.74) is 1.96. The molecule has 2 aliphatic heterocycles. The van der Waals surface area contributed by atoms with E-state index in [1.54, 1.807) is 103 Å². The highest BCUT2D eigenvalue weighted by Gasteiger charge is 2.37. The van der Waals surface area contributed by atoms with Crippen molar-refractivity contribution < 1.29 is 44.6 Å². The Hall–Kier alpha value is -8.14. The maximum Gasteiger partial charge on any atom is 0.225 e. The molecular weight excluding hydrogens is 1030 g/mol. The SMILES string of the molecule is COc1cccc(OC)c1-n1c(CS(=O)(=O)[C@@H]2CCCN(c3ncc(F)cn3)C2)nnc1-c1ccn(C)n1.COc1cccc(OC)c1-n1c(CS(=O)(=O)[C@H]2CCCN(c3ncc(F)cn3)C2)nnc1-c1ccn(C)n1. The number of hydrogen-bond donors (Lipinski definition) is 0. The van der Waals surface area contributed by atoms with Crippen molar-refractivity contribution >= 4 is 31.6 Å². The van der Waals surface area contributed by atoms with Gasteiger partial charge in [0.1, 0.15) is 57.3 Å². The molecule has 2 saturated heterocycles. The molecule has 0 saturated carbocycles. The predicted octanol–water partition coefficient (Wildman–Crippen LogP) is 4.40. The molecule has 76 heavy (non-hydrogen) atoms. The third-order valence-corrected chi connectivity index (χ3v) is 16.9. The number of rotatable bonds is 16. The number of hydrogen-bond acceptors (Lipinski definition) is 20. The molecule has 2 atom stereocenters. The van der Waals surface area contributed by atoms with E-state index in [9.17, 15) is 25.6 Å². The van der Waals surface area contributed by atoms with Gasteiger partial charge in [-0.25, -0.2) is 45.6 Å². The Labute approximate surface area is 436 Å². The number of anilines is 2. The Morgan fingerprint density at radius 1 is 0.539 bits per heavy atom. The molecule has 2 aliphatic rings. The summed E-state index contributed by atoms with van der Waals surface area (Å²) in [5.74, 6) is 1.66. The number of nitrogens with zero attached hydrogens (tertiary/aromatic N) is 16. The van der Waals surface area contributed by atoms with Gasteiger partial charge in [-0.1, -0.05) is 12.1 Å². The van der Waals surface area contributed by atoms with Gasteiger partial charge in [0.15, 0.2) is 54.6 Å². The Morgan fingerprint density at radius 3 is 1.21 bits per heavy atom. The summed E-state index contributed by atoms with van der Waals surface area (Å²) < 4.78 is 110. The van der Waals surface area contributed by atoms with E-state index in [0.29, 0.717) is 108 Å². The van der Waals surface area contributed by atoms with Crippen LogP contribution >= 0.6 is 0 Å². The number of para-hydroxylation sites is 2. The summed E-state index contributed by atoms with van der Waals surface area (Å²) in [6.07, 6.45) is 10.00. The first kappa shape index (κ1) is 52.7. The van der Waals surface area contributed by atoms with Crippen LogP contribution in [0.25, 0.3) is 34.4 Å². The van der Waals surface area contributed by atoms with Gasteiger partial charge in [0.05, 0.1) is 63.7 Å². The van der Waals surface area contributed by atoms with E-state index in [2.05, 4.69) is 50.5 Å². The van der Waals surface area contributed by atoms with Crippen LogP contribution in [-0.4, -0.2) is 151 Å². The fourth-order valence-electron chi connectivity index (χ4n) is 9.15. The number of halogens is 2. The number of piperidine rings is 2. The van der Waals surface area contributed by atoms with Crippen molar-refractivity contribution in [2.75, 3.05) is 64.4 Å². The maximum absolute atomic E-state index is 13.7. The zero-order valence-corrected chi connectivity index (χ0v) is 43.9. The molecule has 0 bridgehead atoms. The molecular formula is C48H54F2N16O8S2. The van der Waals surface area contributed by atoms with E-state index in [1.807, 2.05) is 0 Å². The average molecular weight is 1090 g/mol. The minimum absolute atomic E-state index is 0.188. The van der Waals surface area contributed by atoms with Crippen LogP contribution in [0.15, 0.2) is 85.7 Å². The first-order valence-electron chi connectivity index (χ1n) is 23.8. The Balaban J connectivity index is 0.000000186. The topological polar surface area (TPSA) is 260 Å². The van der Waals surface area contributed by atoms with Gasteiger partial charge in [0.25, 0.3) is 0 Å². The highest BCUT2D eigenvalue weighted by atomic mass is 32.2. The fraction of sp³-hybridized carbons (Fsp3) is 0.375. The standard InChI is InChI=1S/2C24H27FN8O4S/c2*1-31-11-9-18(30-31)23-29-28-21(33(23)22-19(36-2)7-4-8-20(22)37-3)15-38(34,35)17-6-5-10-32(14-17)24-26-12-16(25)13-27-24/h2*4,7-9,11-13,17H,5-6,10,14-15H2,1-3H3/t2*17-/m10/s1. The molecule has 0 spiro atoms. The van der Waals surface area contributed by atoms with E-state index in [0.717, 1.165) is 24.8 Å². The van der Waals surface area contributed by atoms with Gasteiger partial charge in [0, 0.05) is 52.7 Å². The Bertz CT molecular complexity index is 3260. The highest BCUT2D eigenvalue weighted by Crippen LogP contribution is 2.39. The molecule has 400 valence electrons. The summed E-state index contributed by atoms with van der Waals surface area (Å²) in [4.78, 5) is 19.6. The Kier molecular flexibility index (Phi) is 15.5. The molecule has 0 amide bonds. The Morgan fingerprint density at radius 2 is 0.895 bits per heavy atom. The van der Waals surface area contributed by atoms with Crippen LogP contribution in [0.4, 0.5) is 20.7 Å². The normalized spacial score (nSPS) is 16.0.